The zero-order valence-electron chi connectivity index (χ0n) is 16.8. The second-order valence-electron chi connectivity index (χ2n) is 6.83. The molecular weight excluding hydrogens is 392 g/mol. The molecule has 0 spiro atoms. The van der Waals surface area contributed by atoms with E-state index in [1.807, 2.05) is 55.4 Å². The van der Waals surface area contributed by atoms with Crippen molar-refractivity contribution < 1.29 is 19.0 Å². The first-order valence-corrected chi connectivity index (χ1v) is 9.71. The number of ether oxygens (including phenoxy) is 3. The lowest BCUT2D eigenvalue weighted by molar-refractivity contribution is -0.116. The zero-order valence-corrected chi connectivity index (χ0v) is 17.5. The van der Waals surface area contributed by atoms with E-state index in [2.05, 4.69) is 5.32 Å². The minimum absolute atomic E-state index is 0.0320. The molecule has 1 aliphatic rings. The molecule has 1 amide bonds. The van der Waals surface area contributed by atoms with Gasteiger partial charge < -0.3 is 24.4 Å². The average Bonchev–Trinajstić information content (AvgIpc) is 2.72. The van der Waals surface area contributed by atoms with Crippen LogP contribution in [0.2, 0.25) is 5.02 Å². The third kappa shape index (κ3) is 5.22. The first-order chi connectivity index (χ1) is 14.0. The molecule has 7 heteroatoms. The first kappa shape index (κ1) is 21.0. The van der Waals surface area contributed by atoms with Gasteiger partial charge in [-0.2, -0.15) is 0 Å². The maximum atomic E-state index is 12.4. The summed E-state index contributed by atoms with van der Waals surface area (Å²) < 4.78 is 16.6. The fourth-order valence-corrected chi connectivity index (χ4v) is 3.40. The summed E-state index contributed by atoms with van der Waals surface area (Å²) in [6.45, 7) is 1.40. The van der Waals surface area contributed by atoms with Crippen molar-refractivity contribution in [2.45, 2.75) is 6.04 Å². The van der Waals surface area contributed by atoms with E-state index in [0.29, 0.717) is 42.0 Å². The van der Waals surface area contributed by atoms with Crippen LogP contribution in [-0.4, -0.2) is 51.8 Å². The molecular formula is C22H25ClN2O4. The summed E-state index contributed by atoms with van der Waals surface area (Å²) in [5.41, 5.74) is 1.76. The molecule has 2 aromatic carbocycles. The van der Waals surface area contributed by atoms with E-state index in [4.69, 9.17) is 25.8 Å². The van der Waals surface area contributed by atoms with Crippen molar-refractivity contribution in [3.63, 3.8) is 0 Å². The number of amides is 1. The molecule has 0 saturated carbocycles. The van der Waals surface area contributed by atoms with Gasteiger partial charge in [-0.15, -0.1) is 0 Å². The minimum Gasteiger partial charge on any atom is -0.493 e. The number of hydrogen-bond donors (Lipinski definition) is 1. The third-order valence-electron chi connectivity index (χ3n) is 4.63. The van der Waals surface area contributed by atoms with Gasteiger partial charge >= 0.3 is 0 Å². The van der Waals surface area contributed by atoms with Crippen molar-refractivity contribution in [2.24, 2.45) is 0 Å². The number of hydrogen-bond acceptors (Lipinski definition) is 5. The Labute approximate surface area is 176 Å². The predicted molar refractivity (Wildman–Crippen MR) is 114 cm³/mol. The number of rotatable bonds is 7. The molecule has 1 atom stereocenters. The van der Waals surface area contributed by atoms with E-state index in [1.165, 1.54) is 6.08 Å². The standard InChI is InChI=1S/C22H25ClN2O4/c1-25(2)18(16-6-4-5-7-17(16)23)14-24-21(26)9-8-15-12-19(27-3)22-20(13-15)28-10-11-29-22/h4-9,12-13,18H,10-11,14H2,1-3H3,(H,24,26). The van der Waals surface area contributed by atoms with E-state index >= 15 is 0 Å². The smallest absolute Gasteiger partial charge is 0.244 e. The Balaban J connectivity index is 1.67. The van der Waals surface area contributed by atoms with Crippen LogP contribution >= 0.6 is 11.6 Å². The summed E-state index contributed by atoms with van der Waals surface area (Å²) in [7, 11) is 5.48. The fraction of sp³-hybridized carbons (Fsp3) is 0.318. The van der Waals surface area contributed by atoms with Gasteiger partial charge in [0, 0.05) is 17.6 Å². The van der Waals surface area contributed by atoms with Gasteiger partial charge in [-0.25, -0.2) is 0 Å². The summed E-state index contributed by atoms with van der Waals surface area (Å²) in [4.78, 5) is 14.4. The summed E-state index contributed by atoms with van der Waals surface area (Å²) in [6, 6.07) is 11.3. The topological polar surface area (TPSA) is 60.0 Å². The van der Waals surface area contributed by atoms with Gasteiger partial charge in [-0.3, -0.25) is 4.79 Å². The quantitative estimate of drug-likeness (QED) is 0.699. The Kier molecular flexibility index (Phi) is 7.01. The second-order valence-corrected chi connectivity index (χ2v) is 7.23. The molecule has 1 aliphatic heterocycles. The van der Waals surface area contributed by atoms with Crippen LogP contribution in [0.4, 0.5) is 0 Å². The molecule has 1 heterocycles. The van der Waals surface area contributed by atoms with Crippen LogP contribution in [-0.2, 0) is 4.79 Å². The Hall–Kier alpha value is -2.70. The van der Waals surface area contributed by atoms with Crippen LogP contribution in [0.1, 0.15) is 17.2 Å². The minimum atomic E-state index is -0.197. The fourth-order valence-electron chi connectivity index (χ4n) is 3.13. The van der Waals surface area contributed by atoms with Gasteiger partial charge in [-0.1, -0.05) is 29.8 Å². The lowest BCUT2D eigenvalue weighted by Gasteiger charge is -2.25. The van der Waals surface area contributed by atoms with E-state index in [-0.39, 0.29) is 11.9 Å². The molecule has 3 rings (SSSR count). The van der Waals surface area contributed by atoms with E-state index < -0.39 is 0 Å². The number of fused-ring (bicyclic) bond motifs is 1. The van der Waals surface area contributed by atoms with Crippen molar-refractivity contribution >= 4 is 23.6 Å². The summed E-state index contributed by atoms with van der Waals surface area (Å²) in [5.74, 6) is 1.59. The van der Waals surface area contributed by atoms with Crippen LogP contribution < -0.4 is 19.5 Å². The van der Waals surface area contributed by atoms with Gasteiger partial charge in [0.1, 0.15) is 13.2 Å². The van der Waals surface area contributed by atoms with Gasteiger partial charge in [0.2, 0.25) is 11.7 Å². The highest BCUT2D eigenvalue weighted by Gasteiger charge is 2.19. The normalized spacial score (nSPS) is 14.1. The van der Waals surface area contributed by atoms with Crippen molar-refractivity contribution in [2.75, 3.05) is 41.0 Å². The maximum absolute atomic E-state index is 12.4. The van der Waals surface area contributed by atoms with Crippen LogP contribution in [0.15, 0.2) is 42.5 Å². The molecule has 1 unspecified atom stereocenters. The highest BCUT2D eigenvalue weighted by molar-refractivity contribution is 6.31. The number of methoxy groups -OCH3 is 1. The molecule has 154 valence electrons. The SMILES string of the molecule is COc1cc(C=CC(=O)NCC(c2ccccc2Cl)N(C)C)cc2c1OCCO2. The molecule has 2 aromatic rings. The van der Waals surface area contributed by atoms with E-state index in [1.54, 1.807) is 13.2 Å². The first-order valence-electron chi connectivity index (χ1n) is 9.34. The van der Waals surface area contributed by atoms with Gasteiger partial charge in [0.15, 0.2) is 11.5 Å². The molecule has 6 nitrogen and oxygen atoms in total. The third-order valence-corrected chi connectivity index (χ3v) is 4.98. The van der Waals surface area contributed by atoms with Crippen LogP contribution in [0.25, 0.3) is 6.08 Å². The number of nitrogens with one attached hydrogen (secondary N) is 1. The number of likely N-dealkylation sites (N-methyl/N-ethyl adjacent to an activating group) is 1. The molecule has 1 N–H and O–H groups in total. The number of halogens is 1. The number of nitrogens with zero attached hydrogens (tertiary/aromatic N) is 1. The second kappa shape index (κ2) is 9.67. The predicted octanol–water partition coefficient (Wildman–Crippen LogP) is 3.55. The molecule has 0 aliphatic carbocycles. The Bertz CT molecular complexity index is 881. The molecule has 0 aromatic heterocycles. The van der Waals surface area contributed by atoms with Gasteiger partial charge in [0.05, 0.1) is 13.2 Å². The highest BCUT2D eigenvalue weighted by atomic mass is 35.5. The number of carbonyl (C=O) groups excluding carboxylic acids is 1. The van der Waals surface area contributed by atoms with Crippen molar-refractivity contribution in [1.82, 2.24) is 10.2 Å². The van der Waals surface area contributed by atoms with E-state index in [0.717, 1.165) is 11.1 Å². The van der Waals surface area contributed by atoms with Crippen LogP contribution in [0.5, 0.6) is 17.2 Å². The summed E-state index contributed by atoms with van der Waals surface area (Å²) >= 11 is 6.32. The van der Waals surface area contributed by atoms with Crippen molar-refractivity contribution in [3.8, 4) is 17.2 Å². The average molecular weight is 417 g/mol. The number of benzene rings is 2. The van der Waals surface area contributed by atoms with Crippen LogP contribution in [0.3, 0.4) is 0 Å². The Morgan fingerprint density at radius 2 is 2.03 bits per heavy atom. The lowest BCUT2D eigenvalue weighted by Crippen LogP contribution is -2.33. The maximum Gasteiger partial charge on any atom is 0.244 e. The van der Waals surface area contributed by atoms with Gasteiger partial charge in [0.25, 0.3) is 0 Å². The van der Waals surface area contributed by atoms with E-state index in [9.17, 15) is 4.79 Å². The zero-order chi connectivity index (χ0) is 20.8. The summed E-state index contributed by atoms with van der Waals surface area (Å²) in [5, 5.41) is 3.62. The Morgan fingerprint density at radius 3 is 2.76 bits per heavy atom. The molecule has 0 bridgehead atoms. The lowest BCUT2D eigenvalue weighted by atomic mass is 10.1. The molecule has 0 fully saturated rings. The van der Waals surface area contributed by atoms with Gasteiger partial charge in [-0.05, 0) is 49.5 Å². The Morgan fingerprint density at radius 1 is 1.28 bits per heavy atom. The van der Waals surface area contributed by atoms with Crippen LogP contribution in [0, 0.1) is 0 Å². The molecule has 29 heavy (non-hydrogen) atoms. The molecule has 0 radical (unpaired) electrons. The monoisotopic (exact) mass is 416 g/mol. The number of carbonyl (C=O) groups is 1. The largest absolute Gasteiger partial charge is 0.493 e. The summed E-state index contributed by atoms with van der Waals surface area (Å²) in [6.07, 6.45) is 3.21. The van der Waals surface area contributed by atoms with Crippen molar-refractivity contribution in [1.29, 1.82) is 0 Å². The van der Waals surface area contributed by atoms with Crippen molar-refractivity contribution in [3.05, 3.63) is 58.6 Å². The molecule has 0 saturated heterocycles. The highest BCUT2D eigenvalue weighted by Crippen LogP contribution is 2.40.